The van der Waals surface area contributed by atoms with Crippen molar-refractivity contribution < 1.29 is 0 Å². The van der Waals surface area contributed by atoms with Gasteiger partial charge in [-0.3, -0.25) is 0 Å². The number of para-hydroxylation sites is 1. The number of hydrogen-bond acceptors (Lipinski definition) is 4. The van der Waals surface area contributed by atoms with Gasteiger partial charge in [0.25, 0.3) is 0 Å². The standard InChI is InChI=1S/C21H17Cl2N5/c22-18-11-6-10-17(20(18)23)21-25-26-27-28(21)14-16-9-4-5-12-19(16)24-13-15-7-2-1-3-8-15/h1-12,24H,13-14H2. The van der Waals surface area contributed by atoms with Crippen LogP contribution < -0.4 is 5.32 Å². The molecule has 7 heteroatoms. The van der Waals surface area contributed by atoms with Crippen molar-refractivity contribution in [2.24, 2.45) is 0 Å². The normalized spacial score (nSPS) is 10.8. The van der Waals surface area contributed by atoms with Gasteiger partial charge < -0.3 is 5.32 Å². The first-order valence-electron chi connectivity index (χ1n) is 8.78. The summed E-state index contributed by atoms with van der Waals surface area (Å²) >= 11 is 12.5. The molecule has 5 nitrogen and oxygen atoms in total. The van der Waals surface area contributed by atoms with E-state index in [4.69, 9.17) is 23.2 Å². The zero-order valence-corrected chi connectivity index (χ0v) is 16.4. The number of halogens is 2. The first-order chi connectivity index (χ1) is 13.7. The molecule has 4 aromatic rings. The third-order valence-electron chi connectivity index (χ3n) is 4.39. The average molecular weight is 410 g/mol. The van der Waals surface area contributed by atoms with Gasteiger partial charge in [-0.25, -0.2) is 4.68 Å². The summed E-state index contributed by atoms with van der Waals surface area (Å²) in [5.41, 5.74) is 4.02. The highest BCUT2D eigenvalue weighted by molar-refractivity contribution is 6.43. The Balaban J connectivity index is 1.59. The second-order valence-electron chi connectivity index (χ2n) is 6.26. The molecule has 0 unspecified atom stereocenters. The second-order valence-corrected chi connectivity index (χ2v) is 7.04. The van der Waals surface area contributed by atoms with E-state index in [1.54, 1.807) is 10.7 Å². The number of tetrazole rings is 1. The molecule has 0 saturated carbocycles. The Kier molecular flexibility index (Phi) is 5.55. The average Bonchev–Trinajstić information content (AvgIpc) is 3.18. The largest absolute Gasteiger partial charge is 0.381 e. The van der Waals surface area contributed by atoms with E-state index in [1.165, 1.54) is 5.56 Å². The fourth-order valence-corrected chi connectivity index (χ4v) is 3.35. The maximum atomic E-state index is 6.36. The molecule has 1 heterocycles. The van der Waals surface area contributed by atoms with E-state index in [2.05, 4.69) is 45.1 Å². The molecule has 1 N–H and O–H groups in total. The molecule has 0 aliphatic carbocycles. The predicted molar refractivity (Wildman–Crippen MR) is 113 cm³/mol. The summed E-state index contributed by atoms with van der Waals surface area (Å²) < 4.78 is 1.72. The van der Waals surface area contributed by atoms with E-state index in [1.807, 2.05) is 42.5 Å². The Morgan fingerprint density at radius 1 is 0.857 bits per heavy atom. The van der Waals surface area contributed by atoms with Crippen LogP contribution in [0.4, 0.5) is 5.69 Å². The third kappa shape index (κ3) is 4.01. The van der Waals surface area contributed by atoms with Crippen LogP contribution in [0, 0.1) is 0 Å². The molecule has 0 spiro atoms. The molecule has 0 aliphatic heterocycles. The Hall–Kier alpha value is -2.89. The van der Waals surface area contributed by atoms with Gasteiger partial charge in [0.1, 0.15) is 0 Å². The van der Waals surface area contributed by atoms with Gasteiger partial charge >= 0.3 is 0 Å². The summed E-state index contributed by atoms with van der Waals surface area (Å²) in [5, 5.41) is 16.5. The fourth-order valence-electron chi connectivity index (χ4n) is 2.97. The van der Waals surface area contributed by atoms with Crippen LogP contribution in [0.1, 0.15) is 11.1 Å². The number of aromatic nitrogens is 4. The maximum Gasteiger partial charge on any atom is 0.183 e. The van der Waals surface area contributed by atoms with Crippen LogP contribution in [0.15, 0.2) is 72.8 Å². The summed E-state index contributed by atoms with van der Waals surface area (Å²) in [5.74, 6) is 0.574. The number of anilines is 1. The van der Waals surface area contributed by atoms with Crippen LogP contribution >= 0.6 is 23.2 Å². The van der Waals surface area contributed by atoms with Crippen molar-refractivity contribution in [2.75, 3.05) is 5.32 Å². The van der Waals surface area contributed by atoms with Gasteiger partial charge in [-0.05, 0) is 39.8 Å². The lowest BCUT2D eigenvalue weighted by Gasteiger charge is -2.13. The van der Waals surface area contributed by atoms with E-state index >= 15 is 0 Å². The molecule has 0 atom stereocenters. The fraction of sp³-hybridized carbons (Fsp3) is 0.0952. The Morgan fingerprint density at radius 3 is 2.50 bits per heavy atom. The molecule has 0 bridgehead atoms. The molecule has 4 rings (SSSR count). The SMILES string of the molecule is Clc1cccc(-c2nnnn2Cc2ccccc2NCc2ccccc2)c1Cl. The van der Waals surface area contributed by atoms with Crippen LogP contribution in [-0.4, -0.2) is 20.2 Å². The van der Waals surface area contributed by atoms with Crippen molar-refractivity contribution in [3.8, 4) is 11.4 Å². The molecule has 140 valence electrons. The molecule has 0 radical (unpaired) electrons. The molecule has 0 aliphatic rings. The molecule has 0 amide bonds. The Labute approximate surface area is 172 Å². The minimum Gasteiger partial charge on any atom is -0.381 e. The summed E-state index contributed by atoms with van der Waals surface area (Å²) in [7, 11) is 0. The zero-order chi connectivity index (χ0) is 19.3. The lowest BCUT2D eigenvalue weighted by atomic mass is 10.1. The number of hydrogen-bond donors (Lipinski definition) is 1. The highest BCUT2D eigenvalue weighted by atomic mass is 35.5. The minimum absolute atomic E-state index is 0.440. The van der Waals surface area contributed by atoms with Gasteiger partial charge in [-0.1, -0.05) is 77.8 Å². The smallest absolute Gasteiger partial charge is 0.183 e. The van der Waals surface area contributed by atoms with Gasteiger partial charge in [-0.2, -0.15) is 0 Å². The summed E-state index contributed by atoms with van der Waals surface area (Å²) in [6, 6.07) is 23.8. The molecule has 0 saturated heterocycles. The molecule has 28 heavy (non-hydrogen) atoms. The Bertz CT molecular complexity index is 1080. The summed E-state index contributed by atoms with van der Waals surface area (Å²) in [6.45, 7) is 1.24. The van der Waals surface area contributed by atoms with Gasteiger partial charge in [0, 0.05) is 17.8 Å². The van der Waals surface area contributed by atoms with Crippen molar-refractivity contribution in [1.82, 2.24) is 20.2 Å². The molecule has 0 fully saturated rings. The van der Waals surface area contributed by atoms with E-state index in [-0.39, 0.29) is 0 Å². The number of nitrogens with one attached hydrogen (secondary N) is 1. The summed E-state index contributed by atoms with van der Waals surface area (Å²) in [4.78, 5) is 0. The second kappa shape index (κ2) is 8.42. The highest BCUT2D eigenvalue weighted by Crippen LogP contribution is 2.32. The van der Waals surface area contributed by atoms with Crippen molar-refractivity contribution in [3.05, 3.63) is 94.0 Å². The molecular formula is C21H17Cl2N5. The van der Waals surface area contributed by atoms with Crippen molar-refractivity contribution >= 4 is 28.9 Å². The first kappa shape index (κ1) is 18.5. The lowest BCUT2D eigenvalue weighted by molar-refractivity contribution is 0.654. The topological polar surface area (TPSA) is 55.6 Å². The van der Waals surface area contributed by atoms with Crippen molar-refractivity contribution in [1.29, 1.82) is 0 Å². The van der Waals surface area contributed by atoms with Crippen LogP contribution in [0.5, 0.6) is 0 Å². The van der Waals surface area contributed by atoms with Crippen LogP contribution in [-0.2, 0) is 13.1 Å². The van der Waals surface area contributed by atoms with E-state index in [0.717, 1.165) is 17.8 Å². The van der Waals surface area contributed by atoms with E-state index in [9.17, 15) is 0 Å². The predicted octanol–water partition coefficient (Wildman–Crippen LogP) is 5.31. The van der Waals surface area contributed by atoms with Gasteiger partial charge in [0.2, 0.25) is 0 Å². The first-order valence-corrected chi connectivity index (χ1v) is 9.54. The lowest BCUT2D eigenvalue weighted by Crippen LogP contribution is -2.08. The maximum absolute atomic E-state index is 6.36. The van der Waals surface area contributed by atoms with Crippen molar-refractivity contribution in [2.45, 2.75) is 13.1 Å². The number of nitrogens with zero attached hydrogens (tertiary/aromatic N) is 4. The van der Waals surface area contributed by atoms with Gasteiger partial charge in [0.15, 0.2) is 5.82 Å². The number of rotatable bonds is 6. The molecular weight excluding hydrogens is 393 g/mol. The highest BCUT2D eigenvalue weighted by Gasteiger charge is 2.15. The molecule has 1 aromatic heterocycles. The van der Waals surface area contributed by atoms with E-state index < -0.39 is 0 Å². The van der Waals surface area contributed by atoms with E-state index in [0.29, 0.717) is 28.0 Å². The van der Waals surface area contributed by atoms with Gasteiger partial charge in [-0.15, -0.1) is 5.10 Å². The quantitative estimate of drug-likeness (QED) is 0.468. The van der Waals surface area contributed by atoms with Crippen LogP contribution in [0.2, 0.25) is 10.0 Å². The van der Waals surface area contributed by atoms with Crippen molar-refractivity contribution in [3.63, 3.8) is 0 Å². The Morgan fingerprint density at radius 2 is 1.64 bits per heavy atom. The summed E-state index contributed by atoms with van der Waals surface area (Å²) in [6.07, 6.45) is 0. The number of benzene rings is 3. The minimum atomic E-state index is 0.440. The van der Waals surface area contributed by atoms with Gasteiger partial charge in [0.05, 0.1) is 16.6 Å². The monoisotopic (exact) mass is 409 g/mol. The van der Waals surface area contributed by atoms with Crippen LogP contribution in [0.25, 0.3) is 11.4 Å². The molecule has 3 aromatic carbocycles. The third-order valence-corrected chi connectivity index (χ3v) is 5.21. The zero-order valence-electron chi connectivity index (χ0n) is 14.9. The van der Waals surface area contributed by atoms with Crippen LogP contribution in [0.3, 0.4) is 0 Å².